The standard InChI is InChI=1S/C19H21ClN4O2/c20-14-5-3-13-4-6-16(22-17(13)10-14)19(26)23-8-1-2-15(12-23)24-9-7-21-11-18(24)25/h3-6,10,15,21H,1-2,7-9,11-12H2. The lowest BCUT2D eigenvalue weighted by Gasteiger charge is -2.41. The van der Waals surface area contributed by atoms with Gasteiger partial charge in [-0.2, -0.15) is 0 Å². The molecule has 1 atom stereocenters. The first kappa shape index (κ1) is 17.2. The number of rotatable bonds is 2. The van der Waals surface area contributed by atoms with Gasteiger partial charge in [-0.1, -0.05) is 23.7 Å². The summed E-state index contributed by atoms with van der Waals surface area (Å²) < 4.78 is 0. The summed E-state index contributed by atoms with van der Waals surface area (Å²) in [4.78, 5) is 33.3. The molecule has 136 valence electrons. The fraction of sp³-hybridized carbons (Fsp3) is 0.421. The number of pyridine rings is 1. The molecule has 2 aliphatic heterocycles. The highest BCUT2D eigenvalue weighted by Gasteiger charge is 2.32. The van der Waals surface area contributed by atoms with Crippen LogP contribution in [-0.2, 0) is 4.79 Å². The summed E-state index contributed by atoms with van der Waals surface area (Å²) in [7, 11) is 0. The topological polar surface area (TPSA) is 65.5 Å². The van der Waals surface area contributed by atoms with Crippen molar-refractivity contribution in [2.24, 2.45) is 0 Å². The van der Waals surface area contributed by atoms with Gasteiger partial charge < -0.3 is 15.1 Å². The van der Waals surface area contributed by atoms with Crippen LogP contribution in [0.25, 0.3) is 10.9 Å². The number of hydrogen-bond donors (Lipinski definition) is 1. The summed E-state index contributed by atoms with van der Waals surface area (Å²) in [5, 5.41) is 4.65. The molecule has 0 spiro atoms. The molecule has 26 heavy (non-hydrogen) atoms. The van der Waals surface area contributed by atoms with Gasteiger partial charge in [0.1, 0.15) is 5.69 Å². The van der Waals surface area contributed by atoms with Gasteiger partial charge >= 0.3 is 0 Å². The van der Waals surface area contributed by atoms with Crippen LogP contribution >= 0.6 is 11.6 Å². The lowest BCUT2D eigenvalue weighted by Crippen LogP contribution is -2.57. The molecule has 2 saturated heterocycles. The van der Waals surface area contributed by atoms with E-state index in [1.165, 1.54) is 0 Å². The van der Waals surface area contributed by atoms with E-state index in [2.05, 4.69) is 10.3 Å². The molecular formula is C19H21ClN4O2. The lowest BCUT2D eigenvalue weighted by molar-refractivity contribution is -0.135. The highest BCUT2D eigenvalue weighted by molar-refractivity contribution is 6.31. The third-order valence-corrected chi connectivity index (χ3v) is 5.36. The number of hydrogen-bond acceptors (Lipinski definition) is 4. The molecule has 3 heterocycles. The lowest BCUT2D eigenvalue weighted by atomic mass is 10.0. The van der Waals surface area contributed by atoms with Crippen LogP contribution in [0.15, 0.2) is 30.3 Å². The molecule has 2 fully saturated rings. The van der Waals surface area contributed by atoms with Crippen LogP contribution < -0.4 is 5.32 Å². The van der Waals surface area contributed by atoms with Gasteiger partial charge in [0.25, 0.3) is 5.91 Å². The van der Waals surface area contributed by atoms with Crippen LogP contribution in [-0.4, -0.2) is 65.4 Å². The van der Waals surface area contributed by atoms with Crippen molar-refractivity contribution in [1.29, 1.82) is 0 Å². The molecular weight excluding hydrogens is 352 g/mol. The summed E-state index contributed by atoms with van der Waals surface area (Å²) in [6, 6.07) is 9.23. The predicted octanol–water partition coefficient (Wildman–Crippen LogP) is 1.92. The van der Waals surface area contributed by atoms with Gasteiger partial charge in [0, 0.05) is 42.6 Å². The quantitative estimate of drug-likeness (QED) is 0.874. The van der Waals surface area contributed by atoms with Crippen LogP contribution in [0.4, 0.5) is 0 Å². The molecule has 0 bridgehead atoms. The zero-order valence-electron chi connectivity index (χ0n) is 14.4. The van der Waals surface area contributed by atoms with Gasteiger partial charge in [-0.05, 0) is 31.0 Å². The zero-order chi connectivity index (χ0) is 18.1. The van der Waals surface area contributed by atoms with E-state index in [1.54, 1.807) is 12.1 Å². The Labute approximate surface area is 157 Å². The molecule has 0 saturated carbocycles. The molecule has 4 rings (SSSR count). The van der Waals surface area contributed by atoms with E-state index in [0.717, 1.165) is 24.8 Å². The van der Waals surface area contributed by atoms with E-state index in [9.17, 15) is 9.59 Å². The van der Waals surface area contributed by atoms with Gasteiger partial charge in [0.2, 0.25) is 5.91 Å². The normalized spacial score (nSPS) is 21.3. The first-order chi connectivity index (χ1) is 12.6. The number of piperidine rings is 1. The number of nitrogens with zero attached hydrogens (tertiary/aromatic N) is 3. The first-order valence-corrected chi connectivity index (χ1v) is 9.35. The molecule has 1 N–H and O–H groups in total. The summed E-state index contributed by atoms with van der Waals surface area (Å²) in [5.74, 6) is 0.0354. The molecule has 2 aliphatic rings. The number of aromatic nitrogens is 1. The van der Waals surface area contributed by atoms with E-state index >= 15 is 0 Å². The number of likely N-dealkylation sites (tertiary alicyclic amines) is 1. The Morgan fingerprint density at radius 2 is 2.08 bits per heavy atom. The monoisotopic (exact) mass is 372 g/mol. The number of nitrogens with one attached hydrogen (secondary N) is 1. The fourth-order valence-electron chi connectivity index (χ4n) is 3.77. The number of amides is 2. The summed E-state index contributed by atoms with van der Waals surface area (Å²) in [6.45, 7) is 3.17. The minimum Gasteiger partial charge on any atom is -0.336 e. The number of carbonyl (C=O) groups is 2. The van der Waals surface area contributed by atoms with Gasteiger partial charge in [-0.15, -0.1) is 0 Å². The SMILES string of the molecule is O=C(c1ccc2ccc(Cl)cc2n1)N1CCCC(N2CCNCC2=O)C1. The summed E-state index contributed by atoms with van der Waals surface area (Å²) in [6.07, 6.45) is 1.84. The number of piperazine rings is 1. The number of benzene rings is 1. The van der Waals surface area contributed by atoms with Crippen molar-refractivity contribution < 1.29 is 9.59 Å². The molecule has 6 nitrogen and oxygen atoms in total. The first-order valence-electron chi connectivity index (χ1n) is 8.97. The second-order valence-electron chi connectivity index (χ2n) is 6.84. The Morgan fingerprint density at radius 1 is 1.23 bits per heavy atom. The van der Waals surface area contributed by atoms with Crippen LogP contribution in [0.3, 0.4) is 0 Å². The van der Waals surface area contributed by atoms with E-state index < -0.39 is 0 Å². The zero-order valence-corrected chi connectivity index (χ0v) is 15.2. The maximum atomic E-state index is 13.0. The average Bonchev–Trinajstić information content (AvgIpc) is 2.67. The van der Waals surface area contributed by atoms with Crippen LogP contribution in [0.1, 0.15) is 23.3 Å². The van der Waals surface area contributed by atoms with Crippen molar-refractivity contribution in [1.82, 2.24) is 20.1 Å². The Hall–Kier alpha value is -2.18. The number of carbonyl (C=O) groups excluding carboxylic acids is 2. The summed E-state index contributed by atoms with van der Waals surface area (Å²) >= 11 is 6.04. The summed E-state index contributed by atoms with van der Waals surface area (Å²) in [5.41, 5.74) is 1.14. The molecule has 1 aromatic carbocycles. The van der Waals surface area contributed by atoms with E-state index in [4.69, 9.17) is 11.6 Å². The fourth-order valence-corrected chi connectivity index (χ4v) is 3.94. The Kier molecular flexibility index (Phi) is 4.78. The molecule has 1 unspecified atom stereocenters. The van der Waals surface area contributed by atoms with E-state index in [1.807, 2.05) is 28.0 Å². The van der Waals surface area contributed by atoms with Gasteiger partial charge in [0.15, 0.2) is 0 Å². The third-order valence-electron chi connectivity index (χ3n) is 5.12. The molecule has 0 aliphatic carbocycles. The molecule has 7 heteroatoms. The highest BCUT2D eigenvalue weighted by Crippen LogP contribution is 2.21. The van der Waals surface area contributed by atoms with E-state index in [-0.39, 0.29) is 17.9 Å². The third kappa shape index (κ3) is 3.39. The maximum absolute atomic E-state index is 13.0. The molecule has 0 radical (unpaired) electrons. The van der Waals surface area contributed by atoms with Crippen molar-refractivity contribution in [3.05, 3.63) is 41.0 Å². The maximum Gasteiger partial charge on any atom is 0.272 e. The number of halogens is 1. The molecule has 2 aromatic rings. The van der Waals surface area contributed by atoms with Gasteiger partial charge in [-0.3, -0.25) is 9.59 Å². The van der Waals surface area contributed by atoms with Crippen LogP contribution in [0.2, 0.25) is 5.02 Å². The largest absolute Gasteiger partial charge is 0.336 e. The van der Waals surface area contributed by atoms with Crippen LogP contribution in [0, 0.1) is 0 Å². The van der Waals surface area contributed by atoms with E-state index in [0.29, 0.717) is 42.4 Å². The Bertz CT molecular complexity index is 857. The minimum atomic E-state index is -0.0841. The van der Waals surface area contributed by atoms with Crippen molar-refractivity contribution in [3.8, 4) is 0 Å². The van der Waals surface area contributed by atoms with Crippen molar-refractivity contribution in [3.63, 3.8) is 0 Å². The molecule has 2 amide bonds. The number of fused-ring (bicyclic) bond motifs is 1. The van der Waals surface area contributed by atoms with Gasteiger partial charge in [0.05, 0.1) is 12.1 Å². The van der Waals surface area contributed by atoms with Crippen molar-refractivity contribution in [2.45, 2.75) is 18.9 Å². The minimum absolute atomic E-state index is 0.0841. The second kappa shape index (κ2) is 7.21. The highest BCUT2D eigenvalue weighted by atomic mass is 35.5. The molecule has 1 aromatic heterocycles. The average molecular weight is 373 g/mol. The Morgan fingerprint density at radius 3 is 2.92 bits per heavy atom. The van der Waals surface area contributed by atoms with Gasteiger partial charge in [-0.25, -0.2) is 4.98 Å². The van der Waals surface area contributed by atoms with Crippen LogP contribution in [0.5, 0.6) is 0 Å². The predicted molar refractivity (Wildman–Crippen MR) is 100 cm³/mol. The smallest absolute Gasteiger partial charge is 0.272 e. The van der Waals surface area contributed by atoms with Crippen molar-refractivity contribution in [2.75, 3.05) is 32.7 Å². The Balaban J connectivity index is 1.53. The second-order valence-corrected chi connectivity index (χ2v) is 7.28. The van der Waals surface area contributed by atoms with Crippen molar-refractivity contribution >= 4 is 34.3 Å².